The maximum absolute atomic E-state index is 12.3. The molecule has 0 N–H and O–H groups in total. The summed E-state index contributed by atoms with van der Waals surface area (Å²) < 4.78 is 43.7. The van der Waals surface area contributed by atoms with E-state index in [9.17, 15) is 8.42 Å². The van der Waals surface area contributed by atoms with E-state index in [4.69, 9.17) is 19.7 Å². The number of benzene rings is 2. The lowest BCUT2D eigenvalue weighted by molar-refractivity contribution is 0.358. The molecule has 0 saturated carbocycles. The van der Waals surface area contributed by atoms with Gasteiger partial charge in [0.1, 0.15) is 0 Å². The number of ether oxygens (including phenoxy) is 3. The first-order chi connectivity index (χ1) is 12.0. The summed E-state index contributed by atoms with van der Waals surface area (Å²) in [4.78, 5) is 2.47. The van der Waals surface area contributed by atoms with E-state index in [2.05, 4.69) is 14.4 Å². The Hall–Kier alpha value is -3.23. The molecule has 0 aliphatic heterocycles. The van der Waals surface area contributed by atoms with Gasteiger partial charge < -0.3 is 14.2 Å². The first-order valence-electron chi connectivity index (χ1n) is 6.85. The predicted molar refractivity (Wildman–Crippen MR) is 90.4 cm³/mol. The molecule has 0 heterocycles. The van der Waals surface area contributed by atoms with E-state index in [-0.39, 0.29) is 22.1 Å². The SMILES string of the molecule is COc1cccc(OC)c1O/C(N=[N+]=[N-])=N\S(=O)(=O)c1ccccc1. The summed E-state index contributed by atoms with van der Waals surface area (Å²) in [5, 5.41) is 3.20. The molecule has 0 bridgehead atoms. The Morgan fingerprint density at radius 1 is 1.00 bits per heavy atom. The average Bonchev–Trinajstić information content (AvgIpc) is 2.62. The van der Waals surface area contributed by atoms with E-state index in [0.717, 1.165) is 0 Å². The van der Waals surface area contributed by atoms with Crippen molar-refractivity contribution in [2.45, 2.75) is 4.90 Å². The summed E-state index contributed by atoms with van der Waals surface area (Å²) >= 11 is 0. The molecule has 0 saturated heterocycles. The van der Waals surface area contributed by atoms with E-state index in [1.807, 2.05) is 0 Å². The molecule has 0 radical (unpaired) electrons. The van der Waals surface area contributed by atoms with E-state index in [1.54, 1.807) is 36.4 Å². The molecule has 0 fully saturated rings. The number of methoxy groups -OCH3 is 2. The van der Waals surface area contributed by atoms with Crippen molar-refractivity contribution < 1.29 is 22.6 Å². The predicted octanol–water partition coefficient (Wildman–Crippen LogP) is 3.14. The third kappa shape index (κ3) is 4.40. The zero-order valence-corrected chi connectivity index (χ0v) is 14.2. The number of para-hydroxylation sites is 1. The Labute approximate surface area is 144 Å². The second-order valence-electron chi connectivity index (χ2n) is 4.45. The summed E-state index contributed by atoms with van der Waals surface area (Å²) in [7, 11) is -1.33. The van der Waals surface area contributed by atoms with Gasteiger partial charge in [-0.1, -0.05) is 24.3 Å². The fraction of sp³-hybridized carbons (Fsp3) is 0.133. The highest BCUT2D eigenvalue weighted by atomic mass is 32.2. The van der Waals surface area contributed by atoms with Gasteiger partial charge in [0.2, 0.25) is 5.75 Å². The van der Waals surface area contributed by atoms with E-state index in [1.165, 1.54) is 26.4 Å². The molecule has 0 aliphatic carbocycles. The number of hydrogen-bond acceptors (Lipinski definition) is 5. The zero-order chi connectivity index (χ0) is 18.3. The lowest BCUT2D eigenvalue weighted by Gasteiger charge is -2.13. The molecule has 2 rings (SSSR count). The van der Waals surface area contributed by atoms with Crippen LogP contribution in [0.25, 0.3) is 10.4 Å². The molecule has 0 spiro atoms. The molecule has 2 aromatic carbocycles. The third-order valence-corrected chi connectivity index (χ3v) is 4.21. The summed E-state index contributed by atoms with van der Waals surface area (Å²) in [6, 6.07) is 11.5. The zero-order valence-electron chi connectivity index (χ0n) is 13.4. The first-order valence-corrected chi connectivity index (χ1v) is 8.30. The Balaban J connectivity index is 2.49. The van der Waals surface area contributed by atoms with Gasteiger partial charge >= 0.3 is 0 Å². The molecule has 130 valence electrons. The molecular formula is C15H14N4O5S. The van der Waals surface area contributed by atoms with E-state index >= 15 is 0 Å². The van der Waals surface area contributed by atoms with Gasteiger partial charge in [0.15, 0.2) is 11.5 Å². The number of sulfonamides is 1. The van der Waals surface area contributed by atoms with Crippen LogP contribution in [-0.2, 0) is 10.0 Å². The molecule has 9 nitrogen and oxygen atoms in total. The lowest BCUT2D eigenvalue weighted by Crippen LogP contribution is -2.10. The number of azide groups is 1. The summed E-state index contributed by atoms with van der Waals surface area (Å²) in [5.74, 6) is 0.525. The maximum Gasteiger partial charge on any atom is 0.295 e. The van der Waals surface area contributed by atoms with Crippen LogP contribution in [0, 0.1) is 0 Å². The van der Waals surface area contributed by atoms with Crippen molar-refractivity contribution in [2.75, 3.05) is 14.2 Å². The van der Waals surface area contributed by atoms with Gasteiger partial charge in [0, 0.05) is 4.91 Å². The summed E-state index contributed by atoms with van der Waals surface area (Å²) in [6.07, 6.45) is 0. The van der Waals surface area contributed by atoms with Gasteiger partial charge in [-0.05, 0) is 34.9 Å². The second kappa shape index (κ2) is 8.04. The molecule has 0 atom stereocenters. The second-order valence-corrected chi connectivity index (χ2v) is 6.05. The third-order valence-electron chi connectivity index (χ3n) is 2.95. The number of hydrogen-bond donors (Lipinski definition) is 0. The highest BCUT2D eigenvalue weighted by Crippen LogP contribution is 2.37. The monoisotopic (exact) mass is 362 g/mol. The average molecular weight is 362 g/mol. The van der Waals surface area contributed by atoms with Crippen LogP contribution in [0.15, 0.2) is 62.9 Å². The van der Waals surface area contributed by atoms with Crippen molar-refractivity contribution in [3.63, 3.8) is 0 Å². The molecule has 0 aromatic heterocycles. The molecule has 0 amide bonds. The van der Waals surface area contributed by atoms with Gasteiger partial charge in [-0.2, -0.15) is 8.42 Å². The lowest BCUT2D eigenvalue weighted by atomic mass is 10.3. The Bertz CT molecular complexity index is 900. The smallest absolute Gasteiger partial charge is 0.295 e. The van der Waals surface area contributed by atoms with Crippen LogP contribution in [0.3, 0.4) is 0 Å². The van der Waals surface area contributed by atoms with Crippen LogP contribution in [0.1, 0.15) is 0 Å². The molecule has 0 aliphatic rings. The van der Waals surface area contributed by atoms with Crippen molar-refractivity contribution in [2.24, 2.45) is 9.51 Å². The number of rotatable bonds is 5. The summed E-state index contributed by atoms with van der Waals surface area (Å²) in [6.45, 7) is 0. The van der Waals surface area contributed by atoms with E-state index < -0.39 is 16.0 Å². The van der Waals surface area contributed by atoms with Crippen molar-refractivity contribution in [1.29, 1.82) is 0 Å². The normalized spacial score (nSPS) is 11.4. The van der Waals surface area contributed by atoms with Crippen LogP contribution in [0.4, 0.5) is 0 Å². The Morgan fingerprint density at radius 2 is 1.60 bits per heavy atom. The standard InChI is InChI=1S/C15H14N4O5S/c1-22-12-9-6-10-13(23-2)14(12)24-15(17-19-16)18-25(20,21)11-7-4-3-5-8-11/h3-10H,1-2H3/b18-15-. The minimum atomic E-state index is -4.12. The minimum Gasteiger partial charge on any atom is -0.493 e. The minimum absolute atomic E-state index is 0.0295. The highest BCUT2D eigenvalue weighted by molar-refractivity contribution is 7.90. The number of amidine groups is 1. The van der Waals surface area contributed by atoms with Crippen LogP contribution in [-0.4, -0.2) is 28.7 Å². The van der Waals surface area contributed by atoms with Crippen LogP contribution >= 0.6 is 0 Å². The van der Waals surface area contributed by atoms with Gasteiger partial charge in [0.05, 0.1) is 19.1 Å². The number of nitrogens with zero attached hydrogens (tertiary/aromatic N) is 4. The van der Waals surface area contributed by atoms with Crippen molar-refractivity contribution in [1.82, 2.24) is 0 Å². The highest BCUT2D eigenvalue weighted by Gasteiger charge is 2.18. The van der Waals surface area contributed by atoms with Gasteiger partial charge in [-0.15, -0.1) is 4.40 Å². The van der Waals surface area contributed by atoms with Gasteiger partial charge in [-0.3, -0.25) is 0 Å². The summed E-state index contributed by atoms with van der Waals surface area (Å²) in [5.41, 5.74) is 8.68. The van der Waals surface area contributed by atoms with Crippen LogP contribution < -0.4 is 14.2 Å². The first kappa shape index (κ1) is 18.1. The molecular weight excluding hydrogens is 348 g/mol. The molecule has 2 aromatic rings. The molecule has 10 heteroatoms. The largest absolute Gasteiger partial charge is 0.493 e. The van der Waals surface area contributed by atoms with Gasteiger partial charge in [-0.25, -0.2) is 0 Å². The Kier molecular flexibility index (Phi) is 5.83. The van der Waals surface area contributed by atoms with Crippen molar-refractivity contribution in [3.05, 3.63) is 59.0 Å². The fourth-order valence-electron chi connectivity index (χ4n) is 1.85. The molecule has 25 heavy (non-hydrogen) atoms. The maximum atomic E-state index is 12.3. The van der Waals surface area contributed by atoms with E-state index in [0.29, 0.717) is 0 Å². The quantitative estimate of drug-likeness (QED) is 0.266. The van der Waals surface area contributed by atoms with Gasteiger partial charge in [0.25, 0.3) is 16.0 Å². The van der Waals surface area contributed by atoms with Crippen LogP contribution in [0.2, 0.25) is 0 Å². The van der Waals surface area contributed by atoms with Crippen LogP contribution in [0.5, 0.6) is 17.2 Å². The molecule has 0 unspecified atom stereocenters. The van der Waals surface area contributed by atoms with Crippen molar-refractivity contribution in [3.8, 4) is 17.2 Å². The van der Waals surface area contributed by atoms with Crippen molar-refractivity contribution >= 4 is 16.0 Å². The Morgan fingerprint density at radius 3 is 2.12 bits per heavy atom. The topological polar surface area (TPSA) is 123 Å². The fourth-order valence-corrected chi connectivity index (χ4v) is 2.74.